The van der Waals surface area contributed by atoms with E-state index in [1.807, 2.05) is 106 Å². The number of imide groups is 1. The number of nitrogens with zero attached hydrogens (tertiary/aromatic N) is 1. The first kappa shape index (κ1) is 29.2. The van der Waals surface area contributed by atoms with Crippen LogP contribution in [0.4, 0.5) is 4.79 Å². The lowest BCUT2D eigenvalue weighted by Crippen LogP contribution is -2.50. The van der Waals surface area contributed by atoms with Crippen LogP contribution < -0.4 is 0 Å². The van der Waals surface area contributed by atoms with Crippen LogP contribution in [0.1, 0.15) is 36.1 Å². The molecule has 3 aromatic rings. The van der Waals surface area contributed by atoms with Crippen LogP contribution in [0, 0.1) is 12.8 Å². The molecular weight excluding hydrogens is 502 g/mol. The summed E-state index contributed by atoms with van der Waals surface area (Å²) in [4.78, 5) is 28.6. The topological polar surface area (TPSA) is 65.1 Å². The molecule has 0 aliphatic carbocycles. The molecule has 4 atom stereocenters. The van der Waals surface area contributed by atoms with Gasteiger partial charge in [0.25, 0.3) is 0 Å². The normalized spacial score (nSPS) is 17.2. The van der Waals surface area contributed by atoms with Gasteiger partial charge in [0.15, 0.2) is 0 Å². The molecule has 1 aliphatic heterocycles. The van der Waals surface area contributed by atoms with Crippen LogP contribution in [-0.2, 0) is 38.5 Å². The molecule has 0 saturated carbocycles. The standard InChI is InChI=1S/C34H39NO5/c1-24(2)21-39-32(26(4)38-22-29-13-9-6-10-14-29)31(20-28-17-15-25(3)16-18-28)33(36)35-30(23-40-34(35)37)19-27-11-7-5-8-12-27/h5-18,26,30-32H,1,19-23H2,2-4H3/t26-,30?,31+,32-/m0/s1. The number of rotatable bonds is 13. The van der Waals surface area contributed by atoms with Gasteiger partial charge in [-0.05, 0) is 50.3 Å². The smallest absolute Gasteiger partial charge is 0.416 e. The van der Waals surface area contributed by atoms with Gasteiger partial charge in [-0.15, -0.1) is 0 Å². The second-order valence-electron chi connectivity index (χ2n) is 10.7. The van der Waals surface area contributed by atoms with Gasteiger partial charge in [-0.3, -0.25) is 4.79 Å². The highest BCUT2D eigenvalue weighted by Gasteiger charge is 2.44. The Morgan fingerprint density at radius 1 is 0.950 bits per heavy atom. The number of carbonyl (C=O) groups is 2. The van der Waals surface area contributed by atoms with Gasteiger partial charge < -0.3 is 14.2 Å². The Morgan fingerprint density at radius 2 is 1.57 bits per heavy atom. The van der Waals surface area contributed by atoms with Crippen LogP contribution in [0.3, 0.4) is 0 Å². The molecule has 0 spiro atoms. The van der Waals surface area contributed by atoms with Crippen molar-refractivity contribution in [2.75, 3.05) is 13.2 Å². The zero-order valence-electron chi connectivity index (χ0n) is 23.6. The van der Waals surface area contributed by atoms with E-state index in [0.29, 0.717) is 19.4 Å². The summed E-state index contributed by atoms with van der Waals surface area (Å²) in [6.45, 7) is 10.6. The van der Waals surface area contributed by atoms with Crippen molar-refractivity contribution in [3.05, 3.63) is 119 Å². The molecule has 1 unspecified atom stereocenters. The van der Waals surface area contributed by atoms with Crippen LogP contribution in [0.15, 0.2) is 97.1 Å². The molecule has 210 valence electrons. The summed E-state index contributed by atoms with van der Waals surface area (Å²) in [6, 6.07) is 27.4. The molecule has 0 aromatic heterocycles. The van der Waals surface area contributed by atoms with E-state index in [4.69, 9.17) is 14.2 Å². The summed E-state index contributed by atoms with van der Waals surface area (Å²) in [5.74, 6) is -0.998. The van der Waals surface area contributed by atoms with Crippen molar-refractivity contribution >= 4 is 12.0 Å². The number of benzene rings is 3. The minimum absolute atomic E-state index is 0.161. The maximum absolute atomic E-state index is 14.4. The quantitative estimate of drug-likeness (QED) is 0.237. The lowest BCUT2D eigenvalue weighted by molar-refractivity contribution is -0.147. The van der Waals surface area contributed by atoms with Crippen LogP contribution in [-0.4, -0.2) is 48.4 Å². The van der Waals surface area contributed by atoms with E-state index in [0.717, 1.165) is 27.8 Å². The summed E-state index contributed by atoms with van der Waals surface area (Å²) in [6.07, 6.45) is -0.769. The Labute approximate surface area is 237 Å². The fourth-order valence-electron chi connectivity index (χ4n) is 4.98. The van der Waals surface area contributed by atoms with Crippen molar-refractivity contribution in [3.8, 4) is 0 Å². The van der Waals surface area contributed by atoms with Crippen molar-refractivity contribution in [1.29, 1.82) is 0 Å². The molecule has 0 bridgehead atoms. The van der Waals surface area contributed by atoms with Crippen molar-refractivity contribution in [2.45, 2.75) is 58.5 Å². The Hall–Kier alpha value is -3.74. The Morgan fingerprint density at radius 3 is 2.20 bits per heavy atom. The SMILES string of the molecule is C=C(C)CO[C@@H]([C@H](C)OCc1ccccc1)[C@@H](Cc1ccc(C)cc1)C(=O)N1C(=O)OCC1Cc1ccccc1. The third-order valence-corrected chi connectivity index (χ3v) is 7.14. The molecule has 0 N–H and O–H groups in total. The summed E-state index contributed by atoms with van der Waals surface area (Å²) in [5, 5.41) is 0. The van der Waals surface area contributed by atoms with Gasteiger partial charge in [-0.25, -0.2) is 9.69 Å². The summed E-state index contributed by atoms with van der Waals surface area (Å²) >= 11 is 0. The minimum Gasteiger partial charge on any atom is -0.447 e. The maximum atomic E-state index is 14.4. The number of hydrogen-bond acceptors (Lipinski definition) is 5. The fourth-order valence-corrected chi connectivity index (χ4v) is 4.98. The van der Waals surface area contributed by atoms with Crippen molar-refractivity contribution < 1.29 is 23.8 Å². The van der Waals surface area contributed by atoms with E-state index in [1.54, 1.807) is 0 Å². The fraction of sp³-hybridized carbons (Fsp3) is 0.353. The maximum Gasteiger partial charge on any atom is 0.416 e. The Balaban J connectivity index is 1.64. The molecule has 6 heteroatoms. The summed E-state index contributed by atoms with van der Waals surface area (Å²) in [7, 11) is 0. The van der Waals surface area contributed by atoms with Gasteiger partial charge >= 0.3 is 6.09 Å². The third-order valence-electron chi connectivity index (χ3n) is 7.14. The predicted molar refractivity (Wildman–Crippen MR) is 156 cm³/mol. The highest BCUT2D eigenvalue weighted by atomic mass is 16.6. The minimum atomic E-state index is -0.684. The average molecular weight is 542 g/mol. The molecule has 3 aromatic carbocycles. The van der Waals surface area contributed by atoms with Crippen molar-refractivity contribution in [1.82, 2.24) is 4.90 Å². The monoisotopic (exact) mass is 541 g/mol. The molecule has 1 aliphatic rings. The second kappa shape index (κ2) is 14.1. The molecule has 40 heavy (non-hydrogen) atoms. The van der Waals surface area contributed by atoms with Crippen LogP contribution in [0.2, 0.25) is 0 Å². The van der Waals surface area contributed by atoms with E-state index in [2.05, 4.69) is 6.58 Å². The van der Waals surface area contributed by atoms with E-state index in [1.165, 1.54) is 4.90 Å². The predicted octanol–water partition coefficient (Wildman–Crippen LogP) is 6.31. The van der Waals surface area contributed by atoms with Gasteiger partial charge in [0.2, 0.25) is 5.91 Å². The van der Waals surface area contributed by atoms with Crippen LogP contribution in [0.25, 0.3) is 0 Å². The van der Waals surface area contributed by atoms with E-state index in [-0.39, 0.29) is 19.1 Å². The molecule has 2 amide bonds. The van der Waals surface area contributed by atoms with Crippen LogP contribution in [0.5, 0.6) is 0 Å². The van der Waals surface area contributed by atoms with Gasteiger partial charge in [0, 0.05) is 0 Å². The number of carbonyl (C=O) groups excluding carboxylic acids is 2. The molecule has 6 nitrogen and oxygen atoms in total. The zero-order valence-corrected chi connectivity index (χ0v) is 23.6. The van der Waals surface area contributed by atoms with E-state index < -0.39 is 30.3 Å². The first-order valence-electron chi connectivity index (χ1n) is 13.8. The Bertz CT molecular complexity index is 1260. The lowest BCUT2D eigenvalue weighted by Gasteiger charge is -2.34. The van der Waals surface area contributed by atoms with Gasteiger partial charge in [0.1, 0.15) is 6.61 Å². The molecule has 1 fully saturated rings. The summed E-state index contributed by atoms with van der Waals surface area (Å²) in [5.41, 5.74) is 5.01. The largest absolute Gasteiger partial charge is 0.447 e. The molecule has 1 saturated heterocycles. The highest BCUT2D eigenvalue weighted by Crippen LogP contribution is 2.28. The van der Waals surface area contributed by atoms with Crippen LogP contribution >= 0.6 is 0 Å². The first-order chi connectivity index (χ1) is 19.3. The number of ether oxygens (including phenoxy) is 3. The second-order valence-corrected chi connectivity index (χ2v) is 10.7. The van der Waals surface area contributed by atoms with Crippen molar-refractivity contribution in [2.24, 2.45) is 5.92 Å². The Kier molecular flexibility index (Phi) is 10.3. The number of hydrogen-bond donors (Lipinski definition) is 0. The zero-order chi connectivity index (χ0) is 28.5. The van der Waals surface area contributed by atoms with E-state index >= 15 is 0 Å². The van der Waals surface area contributed by atoms with E-state index in [9.17, 15) is 9.59 Å². The van der Waals surface area contributed by atoms with Gasteiger partial charge in [0.05, 0.1) is 37.4 Å². The van der Waals surface area contributed by atoms with Gasteiger partial charge in [-0.1, -0.05) is 103 Å². The van der Waals surface area contributed by atoms with Crippen molar-refractivity contribution in [3.63, 3.8) is 0 Å². The lowest BCUT2D eigenvalue weighted by atomic mass is 9.88. The number of aryl methyl sites for hydroxylation is 1. The first-order valence-corrected chi connectivity index (χ1v) is 13.8. The highest BCUT2D eigenvalue weighted by molar-refractivity contribution is 5.95. The number of cyclic esters (lactones) is 1. The van der Waals surface area contributed by atoms with Gasteiger partial charge in [-0.2, -0.15) is 0 Å². The molecular formula is C34H39NO5. The summed E-state index contributed by atoms with van der Waals surface area (Å²) < 4.78 is 18.0. The third kappa shape index (κ3) is 7.90. The molecule has 1 heterocycles. The molecule has 0 radical (unpaired) electrons. The number of amides is 2. The average Bonchev–Trinajstić information content (AvgIpc) is 3.32. The molecule has 4 rings (SSSR count).